The molecule has 0 bridgehead atoms. The van der Waals surface area contributed by atoms with Gasteiger partial charge in [0.15, 0.2) is 5.82 Å². The summed E-state index contributed by atoms with van der Waals surface area (Å²) in [5.41, 5.74) is 5.49. The average Bonchev–Trinajstić information content (AvgIpc) is 2.77. The Morgan fingerprint density at radius 3 is 2.70 bits per heavy atom. The molecule has 0 atom stereocenters. The van der Waals surface area contributed by atoms with Crippen molar-refractivity contribution < 1.29 is 17.3 Å². The fourth-order valence-electron chi connectivity index (χ4n) is 1.60. The van der Waals surface area contributed by atoms with Crippen LogP contribution in [0.5, 0.6) is 0 Å². The zero-order valence-electron chi connectivity index (χ0n) is 10.8. The molecular weight excluding hydrogens is 287 g/mol. The number of anilines is 1. The quantitative estimate of drug-likeness (QED) is 0.811. The van der Waals surface area contributed by atoms with Gasteiger partial charge < -0.3 is 10.3 Å². The summed E-state index contributed by atoms with van der Waals surface area (Å²) in [7, 11) is -3.92. The third-order valence-electron chi connectivity index (χ3n) is 2.59. The number of nitrogen functional groups attached to an aromatic ring is 1. The Morgan fingerprint density at radius 2 is 2.10 bits per heavy atom. The molecular formula is C11H13FN4O3S. The molecule has 0 aliphatic carbocycles. The molecule has 3 N–H and O–H groups in total. The fourth-order valence-corrected chi connectivity index (χ4v) is 2.86. The van der Waals surface area contributed by atoms with E-state index in [9.17, 15) is 12.8 Å². The number of sulfonamides is 1. The Labute approximate surface area is 115 Å². The van der Waals surface area contributed by atoms with Gasteiger partial charge in [0, 0.05) is 11.3 Å². The van der Waals surface area contributed by atoms with E-state index in [4.69, 9.17) is 10.3 Å². The van der Waals surface area contributed by atoms with Gasteiger partial charge in [0.2, 0.25) is 15.9 Å². The van der Waals surface area contributed by atoms with Crippen molar-refractivity contribution in [3.63, 3.8) is 0 Å². The molecule has 7 nitrogen and oxygen atoms in total. The van der Waals surface area contributed by atoms with Crippen molar-refractivity contribution in [2.45, 2.75) is 25.3 Å². The van der Waals surface area contributed by atoms with Crippen LogP contribution in [-0.2, 0) is 16.6 Å². The smallest absolute Gasteiger partial charge is 0.241 e. The minimum atomic E-state index is -3.92. The van der Waals surface area contributed by atoms with Gasteiger partial charge >= 0.3 is 0 Å². The molecule has 0 radical (unpaired) electrons. The van der Waals surface area contributed by atoms with Crippen LogP contribution in [-0.4, -0.2) is 18.6 Å². The van der Waals surface area contributed by atoms with Crippen LogP contribution in [0.4, 0.5) is 10.1 Å². The number of hydrogen-bond donors (Lipinski definition) is 2. The molecule has 2 aromatic rings. The third kappa shape index (κ3) is 2.94. The van der Waals surface area contributed by atoms with Crippen LogP contribution in [0.2, 0.25) is 0 Å². The highest BCUT2D eigenvalue weighted by Crippen LogP contribution is 2.21. The second-order valence-electron chi connectivity index (χ2n) is 4.19. The van der Waals surface area contributed by atoms with Gasteiger partial charge in [0.1, 0.15) is 5.82 Å². The van der Waals surface area contributed by atoms with E-state index < -0.39 is 15.8 Å². The maximum atomic E-state index is 13.5. The van der Waals surface area contributed by atoms with Crippen LogP contribution in [0.1, 0.15) is 17.3 Å². The summed E-state index contributed by atoms with van der Waals surface area (Å²) < 4.78 is 44.8. The predicted molar refractivity (Wildman–Crippen MR) is 68.6 cm³/mol. The van der Waals surface area contributed by atoms with Crippen molar-refractivity contribution in [1.82, 2.24) is 14.9 Å². The summed E-state index contributed by atoms with van der Waals surface area (Å²) in [6.07, 6.45) is 0. The van der Waals surface area contributed by atoms with E-state index in [0.717, 1.165) is 6.07 Å². The van der Waals surface area contributed by atoms with Crippen molar-refractivity contribution >= 4 is 15.7 Å². The van der Waals surface area contributed by atoms with Gasteiger partial charge in [-0.3, -0.25) is 0 Å². The lowest BCUT2D eigenvalue weighted by Gasteiger charge is -2.09. The molecule has 0 saturated heterocycles. The third-order valence-corrected chi connectivity index (χ3v) is 4.12. The Balaban J connectivity index is 2.27. The number of hydrogen-bond acceptors (Lipinski definition) is 6. The van der Waals surface area contributed by atoms with Gasteiger partial charge in [-0.25, -0.2) is 17.5 Å². The monoisotopic (exact) mass is 300 g/mol. The zero-order chi connectivity index (χ0) is 14.9. The molecule has 1 aromatic carbocycles. The predicted octanol–water partition coefficient (Wildman–Crippen LogP) is 0.886. The van der Waals surface area contributed by atoms with Gasteiger partial charge in [-0.1, -0.05) is 5.16 Å². The van der Waals surface area contributed by atoms with E-state index in [1.165, 1.54) is 13.0 Å². The molecule has 0 unspecified atom stereocenters. The standard InChI is InChI=1S/C11H13FN4O3S/c1-6-9(12)3-8(13)4-10(6)20(17,18)14-5-11-15-7(2)16-19-11/h3-4,14H,5,13H2,1-2H3. The summed E-state index contributed by atoms with van der Waals surface area (Å²) in [6.45, 7) is 2.79. The molecule has 0 aliphatic heterocycles. The van der Waals surface area contributed by atoms with E-state index in [1.54, 1.807) is 6.92 Å². The molecule has 1 aromatic heterocycles. The minimum Gasteiger partial charge on any atom is -0.399 e. The van der Waals surface area contributed by atoms with E-state index in [0.29, 0.717) is 5.82 Å². The van der Waals surface area contributed by atoms with Crippen molar-refractivity contribution in [3.05, 3.63) is 35.2 Å². The molecule has 0 fully saturated rings. The first-order chi connectivity index (χ1) is 9.29. The number of nitrogens with one attached hydrogen (secondary N) is 1. The highest BCUT2D eigenvalue weighted by atomic mass is 32.2. The molecule has 0 spiro atoms. The lowest BCUT2D eigenvalue weighted by atomic mass is 10.2. The van der Waals surface area contributed by atoms with Crippen LogP contribution in [0.3, 0.4) is 0 Å². The number of nitrogens with zero attached hydrogens (tertiary/aromatic N) is 2. The van der Waals surface area contributed by atoms with Crippen LogP contribution in [0.15, 0.2) is 21.6 Å². The van der Waals surface area contributed by atoms with Gasteiger partial charge in [-0.2, -0.15) is 4.98 Å². The highest BCUT2D eigenvalue weighted by molar-refractivity contribution is 7.89. The summed E-state index contributed by atoms with van der Waals surface area (Å²) in [6, 6.07) is 2.26. The van der Waals surface area contributed by atoms with Crippen molar-refractivity contribution in [2.24, 2.45) is 0 Å². The maximum absolute atomic E-state index is 13.5. The second kappa shape index (κ2) is 5.17. The highest BCUT2D eigenvalue weighted by Gasteiger charge is 2.20. The van der Waals surface area contributed by atoms with Gasteiger partial charge in [-0.15, -0.1) is 0 Å². The molecule has 1 heterocycles. The van der Waals surface area contributed by atoms with E-state index in [1.807, 2.05) is 0 Å². The minimum absolute atomic E-state index is 0.00610. The lowest BCUT2D eigenvalue weighted by Crippen LogP contribution is -2.24. The molecule has 0 saturated carbocycles. The van der Waals surface area contributed by atoms with Crippen LogP contribution < -0.4 is 10.5 Å². The SMILES string of the molecule is Cc1noc(CNS(=O)(=O)c2cc(N)cc(F)c2C)n1. The van der Waals surface area contributed by atoms with Crippen LogP contribution in [0.25, 0.3) is 0 Å². The van der Waals surface area contributed by atoms with Crippen molar-refractivity contribution in [3.8, 4) is 0 Å². The molecule has 0 amide bonds. The molecule has 2 rings (SSSR count). The van der Waals surface area contributed by atoms with Gasteiger partial charge in [0.25, 0.3) is 0 Å². The largest absolute Gasteiger partial charge is 0.399 e. The molecule has 20 heavy (non-hydrogen) atoms. The summed E-state index contributed by atoms with van der Waals surface area (Å²) in [5.74, 6) is -0.169. The van der Waals surface area contributed by atoms with Crippen molar-refractivity contribution in [1.29, 1.82) is 0 Å². The lowest BCUT2D eigenvalue weighted by molar-refractivity contribution is 0.372. The summed E-state index contributed by atoms with van der Waals surface area (Å²) >= 11 is 0. The first-order valence-corrected chi connectivity index (χ1v) is 7.12. The number of rotatable bonds is 4. The first kappa shape index (κ1) is 14.4. The Morgan fingerprint density at radius 1 is 1.40 bits per heavy atom. The Kier molecular flexibility index (Phi) is 3.73. The van der Waals surface area contributed by atoms with E-state index in [-0.39, 0.29) is 28.6 Å². The van der Waals surface area contributed by atoms with Crippen LogP contribution in [0, 0.1) is 19.7 Å². The van der Waals surface area contributed by atoms with Gasteiger partial charge in [-0.05, 0) is 26.0 Å². The number of benzene rings is 1. The van der Waals surface area contributed by atoms with E-state index >= 15 is 0 Å². The Hall–Kier alpha value is -2.00. The number of aromatic nitrogens is 2. The second-order valence-corrected chi connectivity index (χ2v) is 5.92. The Bertz CT molecular complexity index is 742. The molecule has 9 heteroatoms. The normalized spacial score (nSPS) is 11.8. The maximum Gasteiger partial charge on any atom is 0.241 e. The number of nitrogens with two attached hydrogens (primary N) is 1. The zero-order valence-corrected chi connectivity index (χ0v) is 11.7. The summed E-state index contributed by atoms with van der Waals surface area (Å²) in [4.78, 5) is 3.65. The first-order valence-electron chi connectivity index (χ1n) is 5.64. The van der Waals surface area contributed by atoms with Crippen molar-refractivity contribution in [2.75, 3.05) is 5.73 Å². The van der Waals surface area contributed by atoms with E-state index in [2.05, 4.69) is 14.9 Å². The van der Waals surface area contributed by atoms with Crippen LogP contribution >= 0.6 is 0 Å². The molecule has 0 aliphatic rings. The van der Waals surface area contributed by atoms with Gasteiger partial charge in [0.05, 0.1) is 11.4 Å². The number of halogens is 1. The average molecular weight is 300 g/mol. The topological polar surface area (TPSA) is 111 Å². The number of aryl methyl sites for hydroxylation is 1. The molecule has 108 valence electrons. The summed E-state index contributed by atoms with van der Waals surface area (Å²) in [5, 5.41) is 3.53. The fraction of sp³-hybridized carbons (Fsp3) is 0.273.